The summed E-state index contributed by atoms with van der Waals surface area (Å²) >= 11 is 0. The van der Waals surface area contributed by atoms with Crippen molar-refractivity contribution in [3.8, 4) is 0 Å². The van der Waals surface area contributed by atoms with Crippen LogP contribution in [0.15, 0.2) is 85.1 Å². The third-order valence-corrected chi connectivity index (χ3v) is 11.3. The summed E-state index contributed by atoms with van der Waals surface area (Å²) in [5, 5.41) is 0. The van der Waals surface area contributed by atoms with E-state index in [2.05, 4.69) is 98.9 Å². The van der Waals surface area contributed by atoms with Gasteiger partial charge in [-0.2, -0.15) is 0 Å². The molecule has 0 aromatic heterocycles. The number of ether oxygens (including phenoxy) is 2. The molecule has 358 valence electrons. The second-order valence-electron chi connectivity index (χ2n) is 16.3. The molecule has 2 atom stereocenters. The van der Waals surface area contributed by atoms with Crippen LogP contribution in [-0.4, -0.2) is 49.9 Å². The molecule has 8 nitrogen and oxygen atoms in total. The van der Waals surface area contributed by atoms with E-state index in [0.717, 1.165) is 83.5 Å². The number of carbonyl (C=O) groups is 1. The monoisotopic (exact) mass is 888 g/mol. The van der Waals surface area contributed by atoms with Gasteiger partial charge in [-0.1, -0.05) is 195 Å². The lowest BCUT2D eigenvalue weighted by Crippen LogP contribution is -2.28. The zero-order valence-electron chi connectivity index (χ0n) is 39.8. The predicted octanol–water partition coefficient (Wildman–Crippen LogP) is 15.6. The summed E-state index contributed by atoms with van der Waals surface area (Å²) in [6, 6.07) is 0. The molecule has 0 aliphatic rings. The molecule has 9 heteroatoms. The lowest BCUT2D eigenvalue weighted by Gasteiger charge is -2.20. The Balaban J connectivity index is 3.98. The highest BCUT2D eigenvalue weighted by atomic mass is 31.2. The van der Waals surface area contributed by atoms with Crippen LogP contribution in [0.25, 0.3) is 0 Å². The van der Waals surface area contributed by atoms with E-state index in [4.69, 9.17) is 24.3 Å². The predicted molar refractivity (Wildman–Crippen MR) is 265 cm³/mol. The Morgan fingerprint density at radius 2 is 0.903 bits per heavy atom. The van der Waals surface area contributed by atoms with Gasteiger partial charge in [-0.3, -0.25) is 13.8 Å². The van der Waals surface area contributed by atoms with Crippen LogP contribution in [0.3, 0.4) is 0 Å². The van der Waals surface area contributed by atoms with Gasteiger partial charge >= 0.3 is 13.8 Å². The van der Waals surface area contributed by atoms with Gasteiger partial charge in [0.05, 0.1) is 19.8 Å². The van der Waals surface area contributed by atoms with Crippen molar-refractivity contribution in [1.82, 2.24) is 0 Å². The lowest BCUT2D eigenvalue weighted by atomic mass is 10.1. The molecule has 0 saturated carbocycles. The molecule has 0 spiro atoms. The van der Waals surface area contributed by atoms with E-state index >= 15 is 0 Å². The number of esters is 1. The zero-order chi connectivity index (χ0) is 45.1. The number of carbonyl (C=O) groups excluding carboxylic acids is 1. The quantitative estimate of drug-likeness (QED) is 0.0269. The largest absolute Gasteiger partial charge is 0.472 e. The zero-order valence-corrected chi connectivity index (χ0v) is 40.7. The van der Waals surface area contributed by atoms with Gasteiger partial charge in [-0.05, 0) is 89.9 Å². The highest BCUT2D eigenvalue weighted by molar-refractivity contribution is 7.47. The molecule has 0 aromatic rings. The molecule has 0 heterocycles. The molecule has 0 aromatic carbocycles. The lowest BCUT2D eigenvalue weighted by molar-refractivity contribution is -0.154. The second kappa shape index (κ2) is 49.7. The summed E-state index contributed by atoms with van der Waals surface area (Å²) in [6.45, 7) is 4.75. The molecular formula is C53H94NO7P. The molecule has 2 unspecified atom stereocenters. The SMILES string of the molecule is CC/C=C\C/C=C\C/C=C\C/C=C\CCCCCCC(=O)OC(COCCCCCCCCCCCCC/C=C\C/C=C\C/C=C\CCCCCCC)COP(=O)(O)OCCN. The fourth-order valence-electron chi connectivity index (χ4n) is 6.64. The fourth-order valence-corrected chi connectivity index (χ4v) is 7.41. The van der Waals surface area contributed by atoms with Crippen LogP contribution < -0.4 is 5.73 Å². The Labute approximate surface area is 381 Å². The maximum Gasteiger partial charge on any atom is 0.472 e. The molecule has 0 aliphatic carbocycles. The molecular weight excluding hydrogens is 794 g/mol. The molecule has 62 heavy (non-hydrogen) atoms. The summed E-state index contributed by atoms with van der Waals surface area (Å²) in [4.78, 5) is 22.6. The van der Waals surface area contributed by atoms with Gasteiger partial charge in [0.15, 0.2) is 0 Å². The number of nitrogens with two attached hydrogens (primary N) is 1. The van der Waals surface area contributed by atoms with Gasteiger partial charge in [-0.15, -0.1) is 0 Å². The number of rotatable bonds is 47. The van der Waals surface area contributed by atoms with Crippen molar-refractivity contribution in [2.24, 2.45) is 5.73 Å². The van der Waals surface area contributed by atoms with Gasteiger partial charge in [0.25, 0.3) is 0 Å². The normalized spacial score (nSPS) is 14.1. The first-order chi connectivity index (χ1) is 30.4. The van der Waals surface area contributed by atoms with E-state index in [9.17, 15) is 14.3 Å². The van der Waals surface area contributed by atoms with E-state index < -0.39 is 13.9 Å². The molecule has 0 fully saturated rings. The van der Waals surface area contributed by atoms with Crippen molar-refractivity contribution in [3.05, 3.63) is 85.1 Å². The van der Waals surface area contributed by atoms with Crippen molar-refractivity contribution in [1.29, 1.82) is 0 Å². The fraction of sp³-hybridized carbons (Fsp3) is 0.717. The molecule has 0 radical (unpaired) electrons. The number of phosphoric ester groups is 1. The van der Waals surface area contributed by atoms with Gasteiger partial charge in [0, 0.05) is 19.6 Å². The summed E-state index contributed by atoms with van der Waals surface area (Å²) in [5.41, 5.74) is 5.38. The third-order valence-electron chi connectivity index (χ3n) is 10.3. The molecule has 3 N–H and O–H groups in total. The first-order valence-corrected chi connectivity index (χ1v) is 26.6. The topological polar surface area (TPSA) is 117 Å². The minimum atomic E-state index is -4.29. The first-order valence-electron chi connectivity index (χ1n) is 25.1. The minimum absolute atomic E-state index is 0.0914. The number of hydrogen-bond acceptors (Lipinski definition) is 7. The number of phosphoric acid groups is 1. The maximum atomic E-state index is 12.6. The number of allylic oxidation sites excluding steroid dienone is 14. The summed E-state index contributed by atoms with van der Waals surface area (Å²) in [6.07, 6.45) is 64.7. The van der Waals surface area contributed by atoms with Crippen LogP contribution in [0.4, 0.5) is 0 Å². The average Bonchev–Trinajstić information content (AvgIpc) is 3.26. The third kappa shape index (κ3) is 48.7. The van der Waals surface area contributed by atoms with Gasteiger partial charge in [-0.25, -0.2) is 4.57 Å². The summed E-state index contributed by atoms with van der Waals surface area (Å²) in [7, 11) is -4.29. The van der Waals surface area contributed by atoms with E-state index in [0.29, 0.717) is 6.61 Å². The van der Waals surface area contributed by atoms with Crippen molar-refractivity contribution in [3.63, 3.8) is 0 Å². The van der Waals surface area contributed by atoms with Gasteiger partial charge in [0.2, 0.25) is 0 Å². The maximum absolute atomic E-state index is 12.6. The Kier molecular flexibility index (Phi) is 47.8. The Bertz CT molecular complexity index is 1220. The Hall–Kier alpha value is -2.32. The number of hydrogen-bond donors (Lipinski definition) is 2. The Morgan fingerprint density at radius 1 is 0.500 bits per heavy atom. The molecule has 0 aliphatic heterocycles. The average molecular weight is 888 g/mol. The minimum Gasteiger partial charge on any atom is -0.457 e. The van der Waals surface area contributed by atoms with Crippen LogP contribution >= 0.6 is 7.82 Å². The summed E-state index contributed by atoms with van der Waals surface area (Å²) < 4.78 is 33.5. The molecule has 0 saturated heterocycles. The smallest absolute Gasteiger partial charge is 0.457 e. The molecule has 0 bridgehead atoms. The van der Waals surface area contributed by atoms with E-state index in [-0.39, 0.29) is 38.8 Å². The number of unbranched alkanes of at least 4 members (excludes halogenated alkanes) is 20. The first kappa shape index (κ1) is 59.7. The van der Waals surface area contributed by atoms with Crippen LogP contribution in [0.5, 0.6) is 0 Å². The van der Waals surface area contributed by atoms with Crippen molar-refractivity contribution >= 4 is 13.8 Å². The standard InChI is InChI=1S/C53H94NO7P/c1-3-5-7-9-11-13-15-17-19-21-22-23-24-25-26-27-28-29-31-33-35-37-39-41-43-45-48-58-50-52(51-60-62(56,57)59-49-47-54)61-53(55)46-44-42-40-38-36-34-32-30-20-18-16-14-12-10-8-6-4-2/h6,8,12,14-15,17-18,20-22,24-25,32,34,52H,3-5,7,9-11,13,16,19,23,26-31,33,35-51,54H2,1-2H3,(H,56,57)/b8-6-,14-12-,17-15-,20-18-,22-21-,25-24-,34-32-. The molecule has 0 amide bonds. The highest BCUT2D eigenvalue weighted by Crippen LogP contribution is 2.43. The van der Waals surface area contributed by atoms with Crippen LogP contribution in [0.2, 0.25) is 0 Å². The van der Waals surface area contributed by atoms with Crippen molar-refractivity contribution in [2.75, 3.05) is 33.0 Å². The van der Waals surface area contributed by atoms with Crippen LogP contribution in [0.1, 0.15) is 206 Å². The van der Waals surface area contributed by atoms with E-state index in [1.54, 1.807) is 0 Å². The highest BCUT2D eigenvalue weighted by Gasteiger charge is 2.25. The van der Waals surface area contributed by atoms with Gasteiger partial charge in [0.1, 0.15) is 6.10 Å². The second-order valence-corrected chi connectivity index (χ2v) is 17.7. The van der Waals surface area contributed by atoms with Crippen LogP contribution in [0, 0.1) is 0 Å². The van der Waals surface area contributed by atoms with Crippen molar-refractivity contribution < 1.29 is 32.8 Å². The van der Waals surface area contributed by atoms with Crippen molar-refractivity contribution in [2.45, 2.75) is 213 Å². The summed E-state index contributed by atoms with van der Waals surface area (Å²) in [5.74, 6) is -0.356. The van der Waals surface area contributed by atoms with Crippen LogP contribution in [-0.2, 0) is 27.9 Å². The van der Waals surface area contributed by atoms with E-state index in [1.807, 2.05) is 0 Å². The van der Waals surface area contributed by atoms with E-state index in [1.165, 1.54) is 103 Å². The van der Waals surface area contributed by atoms with Gasteiger partial charge < -0.3 is 20.1 Å². The Morgan fingerprint density at radius 3 is 1.35 bits per heavy atom. The molecule has 0 rings (SSSR count).